The predicted octanol–water partition coefficient (Wildman–Crippen LogP) is 1.83. The summed E-state index contributed by atoms with van der Waals surface area (Å²) in [5.74, 6) is 1.43. The quantitative estimate of drug-likeness (QED) is 0.456. The second-order valence-electron chi connectivity index (χ2n) is 9.19. The number of anilines is 2. The van der Waals surface area contributed by atoms with Crippen LogP contribution in [0, 0.1) is 6.92 Å². The van der Waals surface area contributed by atoms with Crippen molar-refractivity contribution in [3.05, 3.63) is 74.4 Å². The molecule has 0 radical (unpaired) electrons. The third kappa shape index (κ3) is 3.98. The topological polar surface area (TPSA) is 97.8 Å². The highest BCUT2D eigenvalue weighted by atomic mass is 16.5. The van der Waals surface area contributed by atoms with Gasteiger partial charge in [0.2, 0.25) is 5.95 Å². The van der Waals surface area contributed by atoms with Crippen molar-refractivity contribution in [3.63, 3.8) is 0 Å². The molecule has 10 heteroatoms. The summed E-state index contributed by atoms with van der Waals surface area (Å²) in [6, 6.07) is 13.5. The minimum absolute atomic E-state index is 0.174. The number of aromatic nitrogens is 4. The Bertz CT molecular complexity index is 1540. The summed E-state index contributed by atoms with van der Waals surface area (Å²) >= 11 is 0. The Hall–Kier alpha value is -4.21. The van der Waals surface area contributed by atoms with Gasteiger partial charge in [-0.15, -0.1) is 0 Å². The van der Waals surface area contributed by atoms with E-state index in [0.717, 1.165) is 21.4 Å². The zero-order chi connectivity index (χ0) is 25.6. The van der Waals surface area contributed by atoms with Crippen molar-refractivity contribution in [1.82, 2.24) is 18.7 Å². The van der Waals surface area contributed by atoms with Crippen LogP contribution in [-0.2, 0) is 20.6 Å². The van der Waals surface area contributed by atoms with Gasteiger partial charge >= 0.3 is 5.69 Å². The van der Waals surface area contributed by atoms with E-state index in [-0.39, 0.29) is 11.3 Å². The van der Waals surface area contributed by atoms with Crippen LogP contribution in [0.3, 0.4) is 0 Å². The first kappa shape index (κ1) is 23.5. The van der Waals surface area contributed by atoms with E-state index >= 15 is 0 Å². The van der Waals surface area contributed by atoms with Crippen molar-refractivity contribution in [2.75, 3.05) is 43.1 Å². The van der Waals surface area contributed by atoms with Crippen LogP contribution in [0.4, 0.5) is 11.6 Å². The number of piperazine rings is 1. The van der Waals surface area contributed by atoms with E-state index in [9.17, 15) is 14.7 Å². The molecule has 0 atom stereocenters. The van der Waals surface area contributed by atoms with Crippen LogP contribution in [0.1, 0.15) is 11.1 Å². The van der Waals surface area contributed by atoms with Crippen molar-refractivity contribution in [3.8, 4) is 11.5 Å². The van der Waals surface area contributed by atoms with E-state index in [2.05, 4.69) is 9.80 Å². The Labute approximate surface area is 208 Å². The number of aromatic hydroxyl groups is 1. The van der Waals surface area contributed by atoms with Gasteiger partial charge in [0.1, 0.15) is 11.5 Å². The van der Waals surface area contributed by atoms with Crippen LogP contribution >= 0.6 is 0 Å². The maximum absolute atomic E-state index is 13.2. The summed E-state index contributed by atoms with van der Waals surface area (Å²) in [5.41, 5.74) is 2.97. The zero-order valence-corrected chi connectivity index (χ0v) is 20.9. The molecule has 2 aromatic heterocycles. The molecule has 0 saturated carbocycles. The lowest BCUT2D eigenvalue weighted by Crippen LogP contribution is -2.47. The number of hydrogen-bond acceptors (Lipinski definition) is 7. The second kappa shape index (κ2) is 9.10. The third-order valence-electron chi connectivity index (χ3n) is 6.87. The highest BCUT2D eigenvalue weighted by molar-refractivity contribution is 5.75. The highest BCUT2D eigenvalue weighted by Gasteiger charge is 2.26. The number of hydrogen-bond donors (Lipinski definition) is 1. The number of nitrogens with zero attached hydrogens (tertiary/aromatic N) is 6. The number of imidazole rings is 1. The molecule has 4 aromatic rings. The van der Waals surface area contributed by atoms with Crippen molar-refractivity contribution in [2.45, 2.75) is 13.5 Å². The van der Waals surface area contributed by atoms with Crippen molar-refractivity contribution in [2.24, 2.45) is 14.1 Å². The molecule has 36 heavy (non-hydrogen) atoms. The first-order valence-corrected chi connectivity index (χ1v) is 11.9. The lowest BCUT2D eigenvalue weighted by Gasteiger charge is -2.37. The molecule has 0 bridgehead atoms. The van der Waals surface area contributed by atoms with Crippen LogP contribution < -0.4 is 25.8 Å². The number of fused-ring (bicyclic) bond motifs is 1. The van der Waals surface area contributed by atoms with E-state index in [1.807, 2.05) is 47.9 Å². The smallest absolute Gasteiger partial charge is 0.332 e. The number of phenolic OH excluding ortho intramolecular Hbond substituents is 1. The fourth-order valence-corrected chi connectivity index (χ4v) is 4.75. The Morgan fingerprint density at radius 2 is 1.61 bits per heavy atom. The van der Waals surface area contributed by atoms with Crippen LogP contribution in [0.5, 0.6) is 11.5 Å². The molecule has 2 aromatic carbocycles. The van der Waals surface area contributed by atoms with Gasteiger partial charge in [0.15, 0.2) is 11.2 Å². The summed E-state index contributed by atoms with van der Waals surface area (Å²) in [5, 5.41) is 10.5. The molecular formula is C26H30N6O4. The predicted molar refractivity (Wildman–Crippen MR) is 140 cm³/mol. The SMILES string of the molecule is COc1ccc(N2CCN(c3nc4c(c(=O)n(C)c(=O)n4C)n3Cc3ccc(C)cc3)CC2)c(O)c1. The molecule has 1 aliphatic rings. The summed E-state index contributed by atoms with van der Waals surface area (Å²) in [6.07, 6.45) is 0. The molecular weight excluding hydrogens is 460 g/mol. The average molecular weight is 491 g/mol. The van der Waals surface area contributed by atoms with E-state index < -0.39 is 5.69 Å². The Balaban J connectivity index is 1.52. The van der Waals surface area contributed by atoms with Gasteiger partial charge in [-0.25, -0.2) is 4.79 Å². The molecule has 0 aliphatic carbocycles. The molecule has 1 N–H and O–H groups in total. The summed E-state index contributed by atoms with van der Waals surface area (Å²) < 4.78 is 9.67. The minimum Gasteiger partial charge on any atom is -0.506 e. The molecule has 0 unspecified atom stereocenters. The Morgan fingerprint density at radius 1 is 0.944 bits per heavy atom. The van der Waals surface area contributed by atoms with Gasteiger partial charge in [0.05, 0.1) is 19.3 Å². The first-order valence-electron chi connectivity index (χ1n) is 11.9. The number of methoxy groups -OCH3 is 1. The minimum atomic E-state index is -0.404. The summed E-state index contributed by atoms with van der Waals surface area (Å²) in [7, 11) is 4.70. The van der Waals surface area contributed by atoms with Gasteiger partial charge in [0, 0.05) is 46.3 Å². The second-order valence-corrected chi connectivity index (χ2v) is 9.19. The molecule has 5 rings (SSSR count). The van der Waals surface area contributed by atoms with E-state index in [4.69, 9.17) is 9.72 Å². The lowest BCUT2D eigenvalue weighted by molar-refractivity contribution is 0.407. The number of ether oxygens (including phenoxy) is 1. The standard InChI is InChI=1S/C26H30N6O4/c1-17-5-7-18(8-6-17)16-32-22-23(28(2)26(35)29(3)24(22)34)27-25(32)31-13-11-30(12-14-31)20-10-9-19(36-4)15-21(20)33/h5-10,15,33H,11-14,16H2,1-4H3. The largest absolute Gasteiger partial charge is 0.506 e. The fraction of sp³-hybridized carbons (Fsp3) is 0.346. The van der Waals surface area contributed by atoms with Crippen molar-refractivity contribution in [1.29, 1.82) is 0 Å². The van der Waals surface area contributed by atoms with Crippen LogP contribution in [0.15, 0.2) is 52.1 Å². The Kier molecular flexibility index (Phi) is 5.95. The maximum Gasteiger partial charge on any atom is 0.332 e. The lowest BCUT2D eigenvalue weighted by atomic mass is 10.1. The molecule has 1 fully saturated rings. The van der Waals surface area contributed by atoms with Gasteiger partial charge < -0.3 is 19.6 Å². The molecule has 0 spiro atoms. The van der Waals surface area contributed by atoms with Crippen molar-refractivity contribution >= 4 is 22.8 Å². The average Bonchev–Trinajstić information content (AvgIpc) is 3.26. The molecule has 3 heterocycles. The molecule has 0 amide bonds. The van der Waals surface area contributed by atoms with Gasteiger partial charge in [-0.3, -0.25) is 18.5 Å². The molecule has 188 valence electrons. The number of benzene rings is 2. The van der Waals surface area contributed by atoms with Gasteiger partial charge in [-0.05, 0) is 24.6 Å². The van der Waals surface area contributed by atoms with Gasteiger partial charge in [-0.1, -0.05) is 29.8 Å². The summed E-state index contributed by atoms with van der Waals surface area (Å²) in [6.45, 7) is 5.08. The van der Waals surface area contributed by atoms with Crippen molar-refractivity contribution < 1.29 is 9.84 Å². The zero-order valence-electron chi connectivity index (χ0n) is 20.9. The third-order valence-corrected chi connectivity index (χ3v) is 6.87. The monoisotopic (exact) mass is 490 g/mol. The van der Waals surface area contributed by atoms with E-state index in [1.54, 1.807) is 20.2 Å². The van der Waals surface area contributed by atoms with Crippen LogP contribution in [0.25, 0.3) is 11.2 Å². The van der Waals surface area contributed by atoms with Crippen LogP contribution in [-0.4, -0.2) is 57.1 Å². The summed E-state index contributed by atoms with van der Waals surface area (Å²) in [4.78, 5) is 34.9. The van der Waals surface area contributed by atoms with Gasteiger partial charge in [0.25, 0.3) is 5.56 Å². The number of rotatable bonds is 5. The van der Waals surface area contributed by atoms with Crippen LogP contribution in [0.2, 0.25) is 0 Å². The molecule has 10 nitrogen and oxygen atoms in total. The molecule has 1 aliphatic heterocycles. The van der Waals surface area contributed by atoms with E-state index in [1.165, 1.54) is 11.6 Å². The normalized spacial score (nSPS) is 14.0. The number of aryl methyl sites for hydroxylation is 2. The Morgan fingerprint density at radius 3 is 2.25 bits per heavy atom. The first-order chi connectivity index (χ1) is 17.3. The number of phenols is 1. The van der Waals surface area contributed by atoms with E-state index in [0.29, 0.717) is 55.6 Å². The molecule has 1 saturated heterocycles. The highest BCUT2D eigenvalue weighted by Crippen LogP contribution is 2.32. The fourth-order valence-electron chi connectivity index (χ4n) is 4.75. The van der Waals surface area contributed by atoms with Gasteiger partial charge in [-0.2, -0.15) is 4.98 Å². The maximum atomic E-state index is 13.2.